The highest BCUT2D eigenvalue weighted by molar-refractivity contribution is 7.99. The molecule has 2 aromatic rings. The van der Waals surface area contributed by atoms with Crippen molar-refractivity contribution in [3.63, 3.8) is 0 Å². The van der Waals surface area contributed by atoms with Crippen LogP contribution in [0.4, 0.5) is 0 Å². The van der Waals surface area contributed by atoms with Crippen molar-refractivity contribution in [3.8, 4) is 0 Å². The monoisotopic (exact) mass is 346 g/mol. The fourth-order valence-corrected chi connectivity index (χ4v) is 3.01. The van der Waals surface area contributed by atoms with E-state index in [9.17, 15) is 9.59 Å². The van der Waals surface area contributed by atoms with Crippen molar-refractivity contribution in [1.82, 2.24) is 20.5 Å². The molecule has 0 radical (unpaired) electrons. The van der Waals surface area contributed by atoms with Gasteiger partial charge in [0.15, 0.2) is 5.82 Å². The Bertz CT molecular complexity index is 698. The van der Waals surface area contributed by atoms with Crippen LogP contribution in [0.3, 0.4) is 0 Å². The molecule has 0 aliphatic carbocycles. The summed E-state index contributed by atoms with van der Waals surface area (Å²) in [6.07, 6.45) is 2.09. The highest BCUT2D eigenvalue weighted by atomic mass is 32.2. The Labute approximate surface area is 143 Å². The van der Waals surface area contributed by atoms with Crippen LogP contribution >= 0.6 is 11.8 Å². The molecule has 1 aliphatic rings. The van der Waals surface area contributed by atoms with Gasteiger partial charge in [-0.05, 0) is 18.4 Å². The first-order valence-electron chi connectivity index (χ1n) is 7.74. The highest BCUT2D eigenvalue weighted by Crippen LogP contribution is 2.26. The Hall–Kier alpha value is -2.19. The van der Waals surface area contributed by atoms with Crippen molar-refractivity contribution in [2.75, 3.05) is 12.4 Å². The summed E-state index contributed by atoms with van der Waals surface area (Å²) < 4.78 is 5.52. The van der Waals surface area contributed by atoms with Crippen molar-refractivity contribution in [2.24, 2.45) is 0 Å². The summed E-state index contributed by atoms with van der Waals surface area (Å²) in [6.45, 7) is 0.736. The lowest BCUT2D eigenvalue weighted by atomic mass is 10.1. The van der Waals surface area contributed by atoms with Gasteiger partial charge in [-0.15, -0.1) is 5.10 Å². The first kappa shape index (κ1) is 16.7. The normalized spacial score (nSPS) is 16.9. The smallest absolute Gasteiger partial charge is 0.237 e. The summed E-state index contributed by atoms with van der Waals surface area (Å²) in [5.74, 6) is 0.102. The minimum absolute atomic E-state index is 0.0341. The number of aromatic amines is 1. The van der Waals surface area contributed by atoms with Gasteiger partial charge in [-0.25, -0.2) is 4.98 Å². The number of nitrogens with zero attached hydrogens (tertiary/aromatic N) is 2. The molecular weight excluding hydrogens is 328 g/mol. The number of carbonyl (C=O) groups is 2. The van der Waals surface area contributed by atoms with Gasteiger partial charge in [0, 0.05) is 6.61 Å². The summed E-state index contributed by atoms with van der Waals surface area (Å²) in [5, 5.41) is 9.75. The van der Waals surface area contributed by atoms with Crippen molar-refractivity contribution >= 4 is 23.6 Å². The second-order valence-corrected chi connectivity index (χ2v) is 6.37. The number of imide groups is 1. The number of hydrogen-bond donors (Lipinski definition) is 2. The van der Waals surface area contributed by atoms with Crippen LogP contribution in [0.1, 0.15) is 30.3 Å². The number of rotatable bonds is 6. The molecule has 24 heavy (non-hydrogen) atoms. The number of carbonyl (C=O) groups excluding carboxylic acids is 2. The molecule has 1 fully saturated rings. The third-order valence-corrected chi connectivity index (χ3v) is 4.38. The quantitative estimate of drug-likeness (QED) is 0.772. The lowest BCUT2D eigenvalue weighted by Gasteiger charge is -2.03. The second kappa shape index (κ2) is 8.07. The molecule has 2 N–H and O–H groups in total. The van der Waals surface area contributed by atoms with E-state index < -0.39 is 0 Å². The predicted molar refractivity (Wildman–Crippen MR) is 88.3 cm³/mol. The molecule has 3 rings (SSSR count). The maximum atomic E-state index is 11.8. The summed E-state index contributed by atoms with van der Waals surface area (Å²) >= 11 is 1.18. The van der Waals surface area contributed by atoms with E-state index in [1.807, 2.05) is 30.3 Å². The average molecular weight is 346 g/mol. The largest absolute Gasteiger partial charge is 0.370 e. The number of amides is 2. The summed E-state index contributed by atoms with van der Waals surface area (Å²) in [7, 11) is 0. The number of H-pyrrole nitrogens is 1. The van der Waals surface area contributed by atoms with E-state index >= 15 is 0 Å². The standard InChI is InChI=1S/C16H18N4O3S/c21-13(9-11-5-2-1-3-6-11)17-14(22)10-24-16-18-15(19-20-16)12-7-4-8-23-12/h1-3,5-6,12H,4,7-10H2,(H,17,21,22)(H,18,19,20). The van der Waals surface area contributed by atoms with Crippen molar-refractivity contribution < 1.29 is 14.3 Å². The molecule has 1 atom stereocenters. The van der Waals surface area contributed by atoms with Gasteiger partial charge < -0.3 is 4.74 Å². The molecule has 1 unspecified atom stereocenters. The Balaban J connectivity index is 1.43. The first-order valence-corrected chi connectivity index (χ1v) is 8.72. The Morgan fingerprint density at radius 2 is 2.12 bits per heavy atom. The zero-order valence-electron chi connectivity index (χ0n) is 13.0. The fourth-order valence-electron chi connectivity index (χ4n) is 2.41. The molecule has 2 heterocycles. The summed E-state index contributed by atoms with van der Waals surface area (Å²) in [5.41, 5.74) is 0.866. The third-order valence-electron chi connectivity index (χ3n) is 3.54. The topological polar surface area (TPSA) is 97.0 Å². The number of thioether (sulfide) groups is 1. The maximum absolute atomic E-state index is 11.8. The molecule has 8 heteroatoms. The molecule has 0 bridgehead atoms. The molecule has 126 valence electrons. The summed E-state index contributed by atoms with van der Waals surface area (Å²) in [6, 6.07) is 9.29. The Morgan fingerprint density at radius 3 is 2.88 bits per heavy atom. The van der Waals surface area contributed by atoms with Crippen LogP contribution in [-0.2, 0) is 20.7 Å². The molecule has 1 aromatic heterocycles. The Morgan fingerprint density at radius 1 is 1.29 bits per heavy atom. The van der Waals surface area contributed by atoms with E-state index in [-0.39, 0.29) is 30.1 Å². The first-order chi connectivity index (χ1) is 11.7. The van der Waals surface area contributed by atoms with Gasteiger partial charge in [0.05, 0.1) is 12.2 Å². The molecule has 7 nitrogen and oxygen atoms in total. The third kappa shape index (κ3) is 4.65. The number of benzene rings is 1. The summed E-state index contributed by atoms with van der Waals surface area (Å²) in [4.78, 5) is 28.0. The van der Waals surface area contributed by atoms with Crippen LogP contribution in [0.15, 0.2) is 35.5 Å². The van der Waals surface area contributed by atoms with Crippen LogP contribution in [0.5, 0.6) is 0 Å². The number of nitrogens with one attached hydrogen (secondary N) is 2. The van der Waals surface area contributed by atoms with Gasteiger partial charge in [-0.1, -0.05) is 42.1 Å². The van der Waals surface area contributed by atoms with Crippen molar-refractivity contribution in [1.29, 1.82) is 0 Å². The van der Waals surface area contributed by atoms with Gasteiger partial charge in [-0.3, -0.25) is 20.0 Å². The minimum atomic E-state index is -0.357. The lowest BCUT2D eigenvalue weighted by molar-refractivity contribution is -0.128. The molecule has 1 aromatic carbocycles. The molecule has 2 amide bonds. The molecule has 1 aliphatic heterocycles. The SMILES string of the molecule is O=C(CSc1n[nH]c(C2CCCO2)n1)NC(=O)Cc1ccccc1. The molecule has 1 saturated heterocycles. The van der Waals surface area contributed by atoms with E-state index in [2.05, 4.69) is 20.5 Å². The Kier molecular flexibility index (Phi) is 5.60. The minimum Gasteiger partial charge on any atom is -0.370 e. The van der Waals surface area contributed by atoms with Gasteiger partial charge in [0.1, 0.15) is 6.10 Å². The fraction of sp³-hybridized carbons (Fsp3) is 0.375. The van der Waals surface area contributed by atoms with Crippen LogP contribution in [-0.4, -0.2) is 39.4 Å². The lowest BCUT2D eigenvalue weighted by Crippen LogP contribution is -2.33. The van der Waals surface area contributed by atoms with Crippen LogP contribution < -0.4 is 5.32 Å². The van der Waals surface area contributed by atoms with Gasteiger partial charge >= 0.3 is 0 Å². The molecule has 0 saturated carbocycles. The number of hydrogen-bond acceptors (Lipinski definition) is 6. The van der Waals surface area contributed by atoms with Gasteiger partial charge in [-0.2, -0.15) is 0 Å². The average Bonchev–Trinajstić information content (AvgIpc) is 3.25. The van der Waals surface area contributed by atoms with Gasteiger partial charge in [0.2, 0.25) is 17.0 Å². The zero-order valence-corrected chi connectivity index (χ0v) is 13.8. The number of aromatic nitrogens is 3. The van der Waals surface area contributed by atoms with E-state index in [4.69, 9.17) is 4.74 Å². The number of ether oxygens (including phenoxy) is 1. The van der Waals surface area contributed by atoms with Crippen LogP contribution in [0.25, 0.3) is 0 Å². The van der Waals surface area contributed by atoms with Crippen LogP contribution in [0, 0.1) is 0 Å². The van der Waals surface area contributed by atoms with Crippen molar-refractivity contribution in [2.45, 2.75) is 30.5 Å². The van der Waals surface area contributed by atoms with E-state index in [1.165, 1.54) is 11.8 Å². The van der Waals surface area contributed by atoms with E-state index in [0.717, 1.165) is 25.0 Å². The second-order valence-electron chi connectivity index (χ2n) is 5.43. The maximum Gasteiger partial charge on any atom is 0.237 e. The van der Waals surface area contributed by atoms with Crippen LogP contribution in [0.2, 0.25) is 0 Å². The molecular formula is C16H18N4O3S. The van der Waals surface area contributed by atoms with E-state index in [1.54, 1.807) is 0 Å². The highest BCUT2D eigenvalue weighted by Gasteiger charge is 2.21. The predicted octanol–water partition coefficient (Wildman–Crippen LogP) is 1.63. The van der Waals surface area contributed by atoms with E-state index in [0.29, 0.717) is 11.0 Å². The zero-order chi connectivity index (χ0) is 16.8. The van der Waals surface area contributed by atoms with Crippen molar-refractivity contribution in [3.05, 3.63) is 41.7 Å². The van der Waals surface area contributed by atoms with Gasteiger partial charge in [0.25, 0.3) is 0 Å². The molecule has 0 spiro atoms.